The summed E-state index contributed by atoms with van der Waals surface area (Å²) in [5.74, 6) is 0.492. The second-order valence-electron chi connectivity index (χ2n) is 5.75. The summed E-state index contributed by atoms with van der Waals surface area (Å²) in [5, 5.41) is 0. The van der Waals surface area contributed by atoms with Crippen molar-refractivity contribution in [1.29, 1.82) is 0 Å². The minimum atomic E-state index is -0.983. The Morgan fingerprint density at radius 1 is 0.893 bits per heavy atom. The van der Waals surface area contributed by atoms with E-state index in [1.54, 1.807) is 30.3 Å². The molecule has 28 heavy (non-hydrogen) atoms. The quantitative estimate of drug-likeness (QED) is 0.480. The van der Waals surface area contributed by atoms with Gasteiger partial charge in [0.2, 0.25) is 11.5 Å². The van der Waals surface area contributed by atoms with Crippen molar-refractivity contribution in [2.75, 3.05) is 27.9 Å². The Morgan fingerprint density at radius 2 is 1.54 bits per heavy atom. The Kier molecular flexibility index (Phi) is 7.26. The van der Waals surface area contributed by atoms with Gasteiger partial charge >= 0.3 is 5.97 Å². The highest BCUT2D eigenvalue weighted by atomic mass is 16.6. The van der Waals surface area contributed by atoms with Crippen molar-refractivity contribution < 1.29 is 33.3 Å². The number of esters is 1. The van der Waals surface area contributed by atoms with Gasteiger partial charge in [-0.05, 0) is 50.2 Å². The Balaban J connectivity index is 2.18. The van der Waals surface area contributed by atoms with Crippen LogP contribution in [0.15, 0.2) is 36.4 Å². The third-order valence-electron chi connectivity index (χ3n) is 4.03. The average Bonchev–Trinajstić information content (AvgIpc) is 2.72. The van der Waals surface area contributed by atoms with Gasteiger partial charge in [-0.15, -0.1) is 0 Å². The molecule has 2 rings (SSSR count). The summed E-state index contributed by atoms with van der Waals surface area (Å²) in [4.78, 5) is 25.2. The molecule has 0 fully saturated rings. The van der Waals surface area contributed by atoms with E-state index < -0.39 is 12.1 Å². The van der Waals surface area contributed by atoms with Gasteiger partial charge in [0, 0.05) is 5.56 Å². The summed E-state index contributed by atoms with van der Waals surface area (Å²) in [6.45, 7) is 3.93. The number of carbonyl (C=O) groups is 2. The molecule has 0 aromatic heterocycles. The Morgan fingerprint density at radius 3 is 2.07 bits per heavy atom. The monoisotopic (exact) mass is 388 g/mol. The topological polar surface area (TPSA) is 80.3 Å². The summed E-state index contributed by atoms with van der Waals surface area (Å²) in [6, 6.07) is 9.72. The molecule has 0 spiro atoms. The lowest BCUT2D eigenvalue weighted by atomic mass is 10.1. The molecular formula is C21H24O7. The molecule has 1 atom stereocenters. The highest BCUT2D eigenvalue weighted by Gasteiger charge is 2.25. The van der Waals surface area contributed by atoms with E-state index in [2.05, 4.69) is 0 Å². The maximum absolute atomic E-state index is 12.6. The van der Waals surface area contributed by atoms with E-state index in [4.69, 9.17) is 23.7 Å². The third-order valence-corrected chi connectivity index (χ3v) is 4.03. The number of ether oxygens (including phenoxy) is 5. The zero-order valence-corrected chi connectivity index (χ0v) is 16.6. The van der Waals surface area contributed by atoms with Gasteiger partial charge in [-0.2, -0.15) is 0 Å². The van der Waals surface area contributed by atoms with Crippen LogP contribution in [0.25, 0.3) is 0 Å². The minimum Gasteiger partial charge on any atom is -0.494 e. The maximum atomic E-state index is 12.6. The standard InChI is InChI=1S/C21H24O7/c1-6-27-15-9-7-14(8-10-15)18(22)13(2)28-21(23)16-11-12-17(24-3)20(26-5)19(16)25-4/h7-13H,6H2,1-5H3/t13-/m1/s1. The minimum absolute atomic E-state index is 0.131. The largest absolute Gasteiger partial charge is 0.494 e. The molecular weight excluding hydrogens is 364 g/mol. The fourth-order valence-electron chi connectivity index (χ4n) is 2.66. The summed E-state index contributed by atoms with van der Waals surface area (Å²) >= 11 is 0. The molecule has 0 aliphatic heterocycles. The highest BCUT2D eigenvalue weighted by molar-refractivity contribution is 6.02. The van der Waals surface area contributed by atoms with Crippen LogP contribution in [0, 0.1) is 0 Å². The first-order valence-electron chi connectivity index (χ1n) is 8.73. The summed E-state index contributed by atoms with van der Waals surface area (Å²) in [5.41, 5.74) is 0.550. The van der Waals surface area contributed by atoms with Gasteiger partial charge in [-0.25, -0.2) is 4.79 Å². The summed E-state index contributed by atoms with van der Waals surface area (Å²) in [6.07, 6.45) is -0.983. The summed E-state index contributed by atoms with van der Waals surface area (Å²) < 4.78 is 26.5. The first-order chi connectivity index (χ1) is 13.5. The SMILES string of the molecule is CCOc1ccc(C(=O)[C@@H](C)OC(=O)c2ccc(OC)c(OC)c2OC)cc1. The molecule has 0 aliphatic rings. The van der Waals surface area contributed by atoms with Crippen molar-refractivity contribution >= 4 is 11.8 Å². The molecule has 0 N–H and O–H groups in total. The molecule has 0 unspecified atom stereocenters. The van der Waals surface area contributed by atoms with Gasteiger partial charge in [0.25, 0.3) is 0 Å². The molecule has 0 saturated heterocycles. The van der Waals surface area contributed by atoms with Crippen molar-refractivity contribution in [3.05, 3.63) is 47.5 Å². The van der Waals surface area contributed by atoms with Gasteiger partial charge in [-0.1, -0.05) is 0 Å². The smallest absolute Gasteiger partial charge is 0.342 e. The molecule has 0 aliphatic carbocycles. The van der Waals surface area contributed by atoms with E-state index >= 15 is 0 Å². The van der Waals surface area contributed by atoms with Crippen molar-refractivity contribution in [3.63, 3.8) is 0 Å². The van der Waals surface area contributed by atoms with Crippen LogP contribution in [0.4, 0.5) is 0 Å². The molecule has 0 amide bonds. The highest BCUT2D eigenvalue weighted by Crippen LogP contribution is 2.40. The van der Waals surface area contributed by atoms with Crippen molar-refractivity contribution in [2.45, 2.75) is 20.0 Å². The zero-order chi connectivity index (χ0) is 20.7. The molecule has 7 nitrogen and oxygen atoms in total. The number of rotatable bonds is 9. The van der Waals surface area contributed by atoms with Crippen LogP contribution in [0.2, 0.25) is 0 Å². The van der Waals surface area contributed by atoms with Crippen LogP contribution < -0.4 is 18.9 Å². The van der Waals surface area contributed by atoms with E-state index in [-0.39, 0.29) is 22.8 Å². The van der Waals surface area contributed by atoms with Crippen molar-refractivity contribution in [1.82, 2.24) is 0 Å². The number of ketones is 1. The normalized spacial score (nSPS) is 11.3. The van der Waals surface area contributed by atoms with E-state index in [9.17, 15) is 9.59 Å². The van der Waals surface area contributed by atoms with Crippen LogP contribution in [0.3, 0.4) is 0 Å². The van der Waals surface area contributed by atoms with E-state index in [1.807, 2.05) is 6.92 Å². The molecule has 0 heterocycles. The third kappa shape index (κ3) is 4.54. The average molecular weight is 388 g/mol. The van der Waals surface area contributed by atoms with Crippen molar-refractivity contribution in [3.8, 4) is 23.0 Å². The number of hydrogen-bond donors (Lipinski definition) is 0. The molecule has 0 bridgehead atoms. The predicted molar refractivity (Wildman–Crippen MR) is 103 cm³/mol. The number of methoxy groups -OCH3 is 3. The molecule has 150 valence electrons. The summed E-state index contributed by atoms with van der Waals surface area (Å²) in [7, 11) is 4.32. The van der Waals surface area contributed by atoms with E-state index in [0.717, 1.165) is 0 Å². The Labute approximate surface area is 164 Å². The Hall–Kier alpha value is -3.22. The van der Waals surface area contributed by atoms with Gasteiger partial charge in [0.1, 0.15) is 11.3 Å². The zero-order valence-electron chi connectivity index (χ0n) is 16.6. The first-order valence-corrected chi connectivity index (χ1v) is 8.73. The van der Waals surface area contributed by atoms with Crippen LogP contribution >= 0.6 is 0 Å². The van der Waals surface area contributed by atoms with E-state index in [1.165, 1.54) is 34.3 Å². The second kappa shape index (κ2) is 9.64. The lowest BCUT2D eigenvalue weighted by Gasteiger charge is -2.17. The molecule has 2 aromatic rings. The van der Waals surface area contributed by atoms with Gasteiger partial charge in [-0.3, -0.25) is 4.79 Å². The van der Waals surface area contributed by atoms with Gasteiger partial charge in [0.05, 0.1) is 27.9 Å². The van der Waals surface area contributed by atoms with Crippen LogP contribution in [-0.4, -0.2) is 45.8 Å². The number of Topliss-reactive ketones (excluding diaryl/α,β-unsaturated/α-hetero) is 1. The molecule has 0 saturated carbocycles. The van der Waals surface area contributed by atoms with Crippen molar-refractivity contribution in [2.24, 2.45) is 0 Å². The first kappa shape index (κ1) is 21.1. The molecule has 2 aromatic carbocycles. The molecule has 7 heteroatoms. The van der Waals surface area contributed by atoms with Gasteiger partial charge < -0.3 is 23.7 Å². The number of hydrogen-bond acceptors (Lipinski definition) is 7. The lowest BCUT2D eigenvalue weighted by Crippen LogP contribution is -2.24. The maximum Gasteiger partial charge on any atom is 0.342 e. The second-order valence-corrected chi connectivity index (χ2v) is 5.75. The molecule has 0 radical (unpaired) electrons. The fourth-order valence-corrected chi connectivity index (χ4v) is 2.66. The van der Waals surface area contributed by atoms with Crippen LogP contribution in [0.1, 0.15) is 34.6 Å². The van der Waals surface area contributed by atoms with Crippen LogP contribution in [-0.2, 0) is 4.74 Å². The number of carbonyl (C=O) groups excluding carboxylic acids is 2. The lowest BCUT2D eigenvalue weighted by molar-refractivity contribution is 0.0315. The predicted octanol–water partition coefficient (Wildman–Crippen LogP) is 3.54. The van der Waals surface area contributed by atoms with Crippen LogP contribution in [0.5, 0.6) is 23.0 Å². The van der Waals surface area contributed by atoms with E-state index in [0.29, 0.717) is 23.7 Å². The van der Waals surface area contributed by atoms with Gasteiger partial charge in [0.15, 0.2) is 17.6 Å². The fraction of sp³-hybridized carbons (Fsp3) is 0.333. The number of benzene rings is 2. The Bertz CT molecular complexity index is 827.